The van der Waals surface area contributed by atoms with E-state index in [1.54, 1.807) is 20.8 Å². The van der Waals surface area contributed by atoms with Crippen molar-refractivity contribution in [1.29, 1.82) is 0 Å². The van der Waals surface area contributed by atoms with Crippen molar-refractivity contribution in [2.75, 3.05) is 0 Å². The summed E-state index contributed by atoms with van der Waals surface area (Å²) in [5.74, 6) is -1.54. The van der Waals surface area contributed by atoms with Crippen LogP contribution >= 0.6 is 0 Å². The number of amides is 1. The Labute approximate surface area is 196 Å². The second kappa shape index (κ2) is 10.1. The maximum Gasteiger partial charge on any atom is 0.435 e. The number of ketones is 2. The number of hydrogen-bond donors (Lipinski definition) is 2. The molecule has 0 bridgehead atoms. The Hall–Kier alpha value is -2.98. The van der Waals surface area contributed by atoms with Crippen LogP contribution in [0.4, 0.5) is 13.2 Å². The number of aromatic nitrogens is 2. The van der Waals surface area contributed by atoms with Crippen molar-refractivity contribution in [3.63, 3.8) is 0 Å². The number of Topliss-reactive ketones (excluding diaryl/α,β-unsaturated/α-hetero) is 2. The minimum absolute atomic E-state index is 0.0155. The van der Waals surface area contributed by atoms with E-state index in [0.717, 1.165) is 4.68 Å². The summed E-state index contributed by atoms with van der Waals surface area (Å²) in [6.45, 7) is 9.96. The number of fused-ring (bicyclic) bond motifs is 1. The minimum Gasteiger partial charge on any atom is -0.366 e. The summed E-state index contributed by atoms with van der Waals surface area (Å²) in [6.07, 6.45) is -3.41. The number of aliphatic imine (C=N–C) groups is 1. The average Bonchev–Trinajstić information content (AvgIpc) is 3.08. The molecule has 2 rings (SSSR count). The van der Waals surface area contributed by atoms with Crippen LogP contribution in [0.25, 0.3) is 0 Å². The van der Waals surface area contributed by atoms with E-state index in [2.05, 4.69) is 15.4 Å². The Morgan fingerprint density at radius 1 is 1.24 bits per heavy atom. The minimum atomic E-state index is -4.83. The first-order valence-corrected chi connectivity index (χ1v) is 11.2. The SMILES string of the molecule is CCCC(NC(/N=C(\CC)n1nc(C(F)(F)F)c2c1CC(C)(C)CC2=O)=C(/C)C(N)=O)C(C)=O. The molecule has 1 atom stereocenters. The summed E-state index contributed by atoms with van der Waals surface area (Å²) in [7, 11) is 0. The molecule has 0 radical (unpaired) electrons. The second-order valence-corrected chi connectivity index (χ2v) is 9.34. The summed E-state index contributed by atoms with van der Waals surface area (Å²) >= 11 is 0. The molecule has 188 valence electrons. The van der Waals surface area contributed by atoms with E-state index in [4.69, 9.17) is 5.73 Å². The van der Waals surface area contributed by atoms with E-state index in [1.165, 1.54) is 13.8 Å². The highest BCUT2D eigenvalue weighted by atomic mass is 19.4. The number of nitrogens with two attached hydrogens (primary N) is 1. The van der Waals surface area contributed by atoms with Gasteiger partial charge in [0.1, 0.15) is 11.7 Å². The monoisotopic (exact) mass is 483 g/mol. The van der Waals surface area contributed by atoms with Gasteiger partial charge in [0.25, 0.3) is 0 Å². The third-order valence-corrected chi connectivity index (χ3v) is 5.72. The number of alkyl halides is 3. The van der Waals surface area contributed by atoms with Crippen LogP contribution in [-0.2, 0) is 22.2 Å². The van der Waals surface area contributed by atoms with Crippen molar-refractivity contribution >= 4 is 23.3 Å². The van der Waals surface area contributed by atoms with Crippen molar-refractivity contribution in [1.82, 2.24) is 15.1 Å². The van der Waals surface area contributed by atoms with Gasteiger partial charge in [0, 0.05) is 12.8 Å². The van der Waals surface area contributed by atoms with Crippen LogP contribution in [0.1, 0.15) is 89.0 Å². The zero-order valence-corrected chi connectivity index (χ0v) is 20.4. The summed E-state index contributed by atoms with van der Waals surface area (Å²) < 4.78 is 42.4. The molecule has 1 aliphatic rings. The molecule has 0 spiro atoms. The normalized spacial score (nSPS) is 17.7. The van der Waals surface area contributed by atoms with Gasteiger partial charge in [-0.05, 0) is 32.1 Å². The van der Waals surface area contributed by atoms with Gasteiger partial charge in [-0.15, -0.1) is 0 Å². The first-order chi connectivity index (χ1) is 15.6. The van der Waals surface area contributed by atoms with Crippen molar-refractivity contribution < 1.29 is 27.6 Å². The summed E-state index contributed by atoms with van der Waals surface area (Å²) in [5.41, 5.74) is 3.33. The highest BCUT2D eigenvalue weighted by Crippen LogP contribution is 2.41. The number of nitrogens with one attached hydrogen (secondary N) is 1. The van der Waals surface area contributed by atoms with E-state index < -0.39 is 40.6 Å². The fourth-order valence-electron chi connectivity index (χ4n) is 3.94. The molecule has 1 aromatic rings. The number of primary amides is 1. The predicted molar refractivity (Wildman–Crippen MR) is 121 cm³/mol. The van der Waals surface area contributed by atoms with Gasteiger partial charge in [-0.2, -0.15) is 18.3 Å². The van der Waals surface area contributed by atoms with Gasteiger partial charge in [0.2, 0.25) is 5.91 Å². The maximum atomic E-state index is 13.8. The van der Waals surface area contributed by atoms with Crippen LogP contribution in [0.3, 0.4) is 0 Å². The lowest BCUT2D eigenvalue weighted by molar-refractivity contribution is -0.141. The summed E-state index contributed by atoms with van der Waals surface area (Å²) in [6, 6.07) is -0.658. The molecule has 1 aromatic heterocycles. The Morgan fingerprint density at radius 3 is 2.32 bits per heavy atom. The first-order valence-electron chi connectivity index (χ1n) is 11.2. The van der Waals surface area contributed by atoms with Crippen LogP contribution in [-0.4, -0.2) is 39.1 Å². The highest BCUT2D eigenvalue weighted by molar-refractivity contribution is 6.01. The molecule has 0 fully saturated rings. The van der Waals surface area contributed by atoms with Crippen molar-refractivity contribution in [3.05, 3.63) is 28.3 Å². The molecule has 0 saturated carbocycles. The van der Waals surface area contributed by atoms with Gasteiger partial charge in [0.05, 0.1) is 22.9 Å². The number of hydrogen-bond acceptors (Lipinski definition) is 6. The molecule has 3 N–H and O–H groups in total. The van der Waals surface area contributed by atoms with Gasteiger partial charge in [-0.25, -0.2) is 9.67 Å². The Balaban J connectivity index is 2.75. The molecule has 1 aliphatic carbocycles. The zero-order valence-electron chi connectivity index (χ0n) is 20.4. The molecule has 0 aromatic carbocycles. The smallest absolute Gasteiger partial charge is 0.366 e. The molecule has 1 unspecified atom stereocenters. The van der Waals surface area contributed by atoms with Crippen LogP contribution in [0.5, 0.6) is 0 Å². The largest absolute Gasteiger partial charge is 0.435 e. The van der Waals surface area contributed by atoms with Crippen LogP contribution in [0, 0.1) is 5.41 Å². The molecule has 1 amide bonds. The van der Waals surface area contributed by atoms with E-state index in [1.807, 2.05) is 6.92 Å². The molecule has 0 saturated heterocycles. The Kier molecular flexibility index (Phi) is 8.10. The maximum absolute atomic E-state index is 13.8. The van der Waals surface area contributed by atoms with E-state index in [0.29, 0.717) is 12.8 Å². The lowest BCUT2D eigenvalue weighted by Gasteiger charge is -2.29. The average molecular weight is 484 g/mol. The number of rotatable bonds is 8. The fraction of sp³-hybridized carbons (Fsp3) is 0.609. The van der Waals surface area contributed by atoms with Crippen molar-refractivity contribution in [2.45, 2.75) is 85.9 Å². The fourth-order valence-corrected chi connectivity index (χ4v) is 3.94. The molecular weight excluding hydrogens is 451 g/mol. The summed E-state index contributed by atoms with van der Waals surface area (Å²) in [4.78, 5) is 41.1. The zero-order chi connectivity index (χ0) is 26.0. The lowest BCUT2D eigenvalue weighted by Crippen LogP contribution is -2.36. The standard InChI is InChI=1S/C23H32F3N5O3/c1-7-9-14(13(4)32)28-21(12(3)20(27)34)29-17(8-2)31-15-10-22(5,6)11-16(33)18(15)19(30-31)23(24,25)26/h14,28H,7-11H2,1-6H3,(H2,27,34)/b21-12+,29-17+. The summed E-state index contributed by atoms with van der Waals surface area (Å²) in [5, 5.41) is 6.69. The Morgan fingerprint density at radius 2 is 1.85 bits per heavy atom. The highest BCUT2D eigenvalue weighted by Gasteiger charge is 2.45. The van der Waals surface area contributed by atoms with Gasteiger partial charge in [-0.1, -0.05) is 34.1 Å². The van der Waals surface area contributed by atoms with Gasteiger partial charge in [0.15, 0.2) is 17.3 Å². The number of nitrogens with zero attached hydrogens (tertiary/aromatic N) is 3. The third kappa shape index (κ3) is 5.92. The van der Waals surface area contributed by atoms with Crippen LogP contribution in [0.15, 0.2) is 16.4 Å². The topological polar surface area (TPSA) is 119 Å². The quantitative estimate of drug-likeness (QED) is 0.331. The molecular formula is C23H32F3N5O3. The van der Waals surface area contributed by atoms with Crippen LogP contribution < -0.4 is 11.1 Å². The number of carbonyl (C=O) groups is 3. The van der Waals surface area contributed by atoms with Crippen LogP contribution in [0.2, 0.25) is 0 Å². The molecule has 0 aliphatic heterocycles. The van der Waals surface area contributed by atoms with Gasteiger partial charge in [-0.3, -0.25) is 14.4 Å². The number of carbonyl (C=O) groups excluding carboxylic acids is 3. The Bertz CT molecular complexity index is 1050. The molecule has 34 heavy (non-hydrogen) atoms. The molecule has 8 nitrogen and oxygen atoms in total. The van der Waals surface area contributed by atoms with E-state index in [9.17, 15) is 27.6 Å². The molecule has 11 heteroatoms. The van der Waals surface area contributed by atoms with E-state index >= 15 is 0 Å². The first kappa shape index (κ1) is 27.3. The third-order valence-electron chi connectivity index (χ3n) is 5.72. The second-order valence-electron chi connectivity index (χ2n) is 9.34. The molecule has 1 heterocycles. The number of halogens is 3. The van der Waals surface area contributed by atoms with Gasteiger partial charge < -0.3 is 11.1 Å². The predicted octanol–water partition coefficient (Wildman–Crippen LogP) is 3.78. The lowest BCUT2D eigenvalue weighted by atomic mass is 9.75. The van der Waals surface area contributed by atoms with Gasteiger partial charge >= 0.3 is 6.18 Å². The van der Waals surface area contributed by atoms with Crippen molar-refractivity contribution in [2.24, 2.45) is 16.1 Å². The van der Waals surface area contributed by atoms with E-state index in [-0.39, 0.29) is 48.0 Å². The van der Waals surface area contributed by atoms with Crippen molar-refractivity contribution in [3.8, 4) is 0 Å².